The zero-order chi connectivity index (χ0) is 11.5. The van der Waals surface area contributed by atoms with Crippen molar-refractivity contribution in [1.29, 1.82) is 5.26 Å². The first-order chi connectivity index (χ1) is 7.72. The molecular weight excluding hydrogens is 206 g/mol. The average molecular weight is 213 g/mol. The maximum atomic E-state index is 10.8. The number of nitriles is 1. The van der Waals surface area contributed by atoms with E-state index >= 15 is 0 Å². The lowest BCUT2D eigenvalue weighted by atomic mass is 10.1. The Hall–Kier alpha value is -2.54. The Bertz CT molecular complexity index is 599. The number of ether oxygens (including phenoxy) is 1. The molecular formula is C12H7NO3. The highest BCUT2D eigenvalue weighted by Gasteiger charge is 2.06. The summed E-state index contributed by atoms with van der Waals surface area (Å²) >= 11 is 0. The summed E-state index contributed by atoms with van der Waals surface area (Å²) in [6, 6.07) is 9.79. The summed E-state index contributed by atoms with van der Waals surface area (Å²) in [6.07, 6.45) is 1.60. The lowest BCUT2D eigenvalue weighted by Gasteiger charge is -2.03. The number of carboxylic acids is 1. The van der Waals surface area contributed by atoms with Gasteiger partial charge >= 0.3 is 5.97 Å². The number of carboxylic acid groups (broad SMARTS) is 1. The van der Waals surface area contributed by atoms with Gasteiger partial charge in [-0.3, -0.25) is 0 Å². The third-order valence-electron chi connectivity index (χ3n) is 2.24. The van der Waals surface area contributed by atoms with Crippen LogP contribution in [0.5, 0.6) is 5.75 Å². The van der Waals surface area contributed by atoms with Crippen molar-refractivity contribution in [3.05, 3.63) is 42.0 Å². The van der Waals surface area contributed by atoms with Crippen molar-refractivity contribution in [2.75, 3.05) is 0 Å². The molecule has 0 radical (unpaired) electrons. The summed E-state index contributed by atoms with van der Waals surface area (Å²) in [7, 11) is 0. The Morgan fingerprint density at radius 2 is 2.12 bits per heavy atom. The second-order valence-corrected chi connectivity index (χ2v) is 3.19. The standard InChI is InChI=1S/C12H7NO3/c13-7-16-11-3-1-2-8-6-9(12(14)15)4-5-10(8)11/h1-6H,(H,14,15). The Labute approximate surface area is 91.3 Å². The molecule has 4 nitrogen and oxygen atoms in total. The van der Waals surface area contributed by atoms with Crippen molar-refractivity contribution >= 4 is 16.7 Å². The van der Waals surface area contributed by atoms with Crippen molar-refractivity contribution in [2.45, 2.75) is 0 Å². The molecule has 0 atom stereocenters. The van der Waals surface area contributed by atoms with Crippen molar-refractivity contribution in [3.8, 4) is 12.0 Å². The molecule has 0 unspecified atom stereocenters. The van der Waals surface area contributed by atoms with Crippen LogP contribution < -0.4 is 4.74 Å². The van der Waals surface area contributed by atoms with E-state index in [9.17, 15) is 4.79 Å². The van der Waals surface area contributed by atoms with E-state index in [1.54, 1.807) is 36.6 Å². The SMILES string of the molecule is N#COc1cccc2cc(C(=O)O)ccc12. The predicted molar refractivity (Wildman–Crippen MR) is 57.1 cm³/mol. The minimum atomic E-state index is -0.978. The van der Waals surface area contributed by atoms with E-state index in [-0.39, 0.29) is 5.56 Å². The van der Waals surface area contributed by atoms with E-state index in [0.29, 0.717) is 11.1 Å². The van der Waals surface area contributed by atoms with Crippen molar-refractivity contribution < 1.29 is 14.6 Å². The lowest BCUT2D eigenvalue weighted by Crippen LogP contribution is -1.95. The molecule has 0 aliphatic heterocycles. The Morgan fingerprint density at radius 3 is 2.81 bits per heavy atom. The van der Waals surface area contributed by atoms with Gasteiger partial charge in [0.2, 0.25) is 0 Å². The van der Waals surface area contributed by atoms with Gasteiger partial charge in [0.05, 0.1) is 5.56 Å². The molecule has 78 valence electrons. The van der Waals surface area contributed by atoms with Crippen molar-refractivity contribution in [1.82, 2.24) is 0 Å². The van der Waals surface area contributed by atoms with Gasteiger partial charge in [0.25, 0.3) is 6.26 Å². The second-order valence-electron chi connectivity index (χ2n) is 3.19. The van der Waals surface area contributed by atoms with Gasteiger partial charge in [-0.25, -0.2) is 4.79 Å². The monoisotopic (exact) mass is 213 g/mol. The quantitative estimate of drug-likeness (QED) is 0.777. The van der Waals surface area contributed by atoms with Crippen LogP contribution in [-0.4, -0.2) is 11.1 Å². The summed E-state index contributed by atoms with van der Waals surface area (Å²) in [4.78, 5) is 10.8. The third-order valence-corrected chi connectivity index (χ3v) is 2.24. The zero-order valence-electron chi connectivity index (χ0n) is 8.18. The van der Waals surface area contributed by atoms with Crippen LogP contribution >= 0.6 is 0 Å². The predicted octanol–water partition coefficient (Wildman–Crippen LogP) is 2.40. The van der Waals surface area contributed by atoms with E-state index in [2.05, 4.69) is 0 Å². The Kier molecular flexibility index (Phi) is 2.44. The highest BCUT2D eigenvalue weighted by atomic mass is 16.5. The van der Waals surface area contributed by atoms with E-state index in [1.807, 2.05) is 0 Å². The van der Waals surface area contributed by atoms with Crippen LogP contribution in [0.4, 0.5) is 0 Å². The fourth-order valence-electron chi connectivity index (χ4n) is 1.53. The molecule has 2 aromatic rings. The average Bonchev–Trinajstić information content (AvgIpc) is 2.29. The molecule has 0 spiro atoms. The molecule has 2 aromatic carbocycles. The highest BCUT2D eigenvalue weighted by Crippen LogP contribution is 2.26. The van der Waals surface area contributed by atoms with Gasteiger partial charge in [0.15, 0.2) is 0 Å². The van der Waals surface area contributed by atoms with Gasteiger partial charge in [-0.1, -0.05) is 12.1 Å². The van der Waals surface area contributed by atoms with E-state index in [0.717, 1.165) is 5.39 Å². The van der Waals surface area contributed by atoms with Gasteiger partial charge in [-0.15, -0.1) is 5.26 Å². The van der Waals surface area contributed by atoms with Crippen LogP contribution in [0.3, 0.4) is 0 Å². The topological polar surface area (TPSA) is 70.3 Å². The zero-order valence-corrected chi connectivity index (χ0v) is 8.18. The fraction of sp³-hybridized carbons (Fsp3) is 0. The summed E-state index contributed by atoms with van der Waals surface area (Å²) in [6.45, 7) is 0. The van der Waals surface area contributed by atoms with Gasteiger partial charge in [-0.2, -0.15) is 0 Å². The van der Waals surface area contributed by atoms with E-state index < -0.39 is 5.97 Å². The molecule has 0 fully saturated rings. The Morgan fingerprint density at radius 1 is 1.31 bits per heavy atom. The molecule has 0 amide bonds. The number of fused-ring (bicyclic) bond motifs is 1. The molecule has 0 aliphatic rings. The Balaban J connectivity index is 2.65. The number of hydrogen-bond acceptors (Lipinski definition) is 3. The fourth-order valence-corrected chi connectivity index (χ4v) is 1.53. The number of nitrogens with zero attached hydrogens (tertiary/aromatic N) is 1. The molecule has 0 saturated heterocycles. The first-order valence-electron chi connectivity index (χ1n) is 4.54. The summed E-state index contributed by atoms with van der Waals surface area (Å²) in [5.74, 6) is -0.551. The van der Waals surface area contributed by atoms with Gasteiger partial charge in [0.1, 0.15) is 5.75 Å². The minimum Gasteiger partial charge on any atom is -0.478 e. The first-order valence-corrected chi connectivity index (χ1v) is 4.54. The van der Waals surface area contributed by atoms with E-state index in [4.69, 9.17) is 15.1 Å². The summed E-state index contributed by atoms with van der Waals surface area (Å²) in [5.41, 5.74) is 0.210. The van der Waals surface area contributed by atoms with Crippen LogP contribution in [0, 0.1) is 11.5 Å². The van der Waals surface area contributed by atoms with Crippen molar-refractivity contribution in [3.63, 3.8) is 0 Å². The first kappa shape index (κ1) is 9.99. The number of aromatic carboxylic acids is 1. The molecule has 1 N–H and O–H groups in total. The molecule has 0 heterocycles. The maximum Gasteiger partial charge on any atom is 0.335 e. The van der Waals surface area contributed by atoms with Crippen LogP contribution in [-0.2, 0) is 0 Å². The lowest BCUT2D eigenvalue weighted by molar-refractivity contribution is 0.0697. The maximum absolute atomic E-state index is 10.8. The molecule has 0 saturated carbocycles. The molecule has 0 bridgehead atoms. The number of benzene rings is 2. The highest BCUT2D eigenvalue weighted by molar-refractivity contribution is 5.96. The molecule has 0 aromatic heterocycles. The molecule has 16 heavy (non-hydrogen) atoms. The normalized spacial score (nSPS) is 9.69. The molecule has 4 heteroatoms. The van der Waals surface area contributed by atoms with E-state index in [1.165, 1.54) is 6.07 Å². The van der Waals surface area contributed by atoms with Crippen LogP contribution in [0.25, 0.3) is 10.8 Å². The third kappa shape index (κ3) is 1.66. The van der Waals surface area contributed by atoms with Crippen LogP contribution in [0.2, 0.25) is 0 Å². The van der Waals surface area contributed by atoms with Gasteiger partial charge in [0, 0.05) is 5.39 Å². The number of carbonyl (C=O) groups is 1. The number of hydrogen-bond donors (Lipinski definition) is 1. The summed E-state index contributed by atoms with van der Waals surface area (Å²) < 4.78 is 4.78. The van der Waals surface area contributed by atoms with Crippen molar-refractivity contribution in [2.24, 2.45) is 0 Å². The molecule has 2 rings (SSSR count). The molecule has 0 aliphatic carbocycles. The largest absolute Gasteiger partial charge is 0.478 e. The van der Waals surface area contributed by atoms with Crippen LogP contribution in [0.15, 0.2) is 36.4 Å². The van der Waals surface area contributed by atoms with Gasteiger partial charge < -0.3 is 9.84 Å². The van der Waals surface area contributed by atoms with Crippen LogP contribution in [0.1, 0.15) is 10.4 Å². The summed E-state index contributed by atoms with van der Waals surface area (Å²) in [5, 5.41) is 18.7. The van der Waals surface area contributed by atoms with Gasteiger partial charge in [-0.05, 0) is 29.7 Å². The second kappa shape index (κ2) is 3.91. The smallest absolute Gasteiger partial charge is 0.335 e. The number of rotatable bonds is 2. The minimum absolute atomic E-state index is 0.210.